The Hall–Kier alpha value is -1.63. The molecule has 0 fully saturated rings. The van der Waals surface area contributed by atoms with Crippen LogP contribution in [-0.2, 0) is 0 Å². The largest absolute Gasteiger partial charge is 0.396 e. The number of nitriles is 1. The number of nitrogens with zero attached hydrogens (tertiary/aromatic N) is 1. The third-order valence-corrected chi connectivity index (χ3v) is 3.39. The molecule has 0 aliphatic heterocycles. The van der Waals surface area contributed by atoms with Crippen LogP contribution in [0.5, 0.6) is 0 Å². The molecule has 0 bridgehead atoms. The molecule has 0 saturated carbocycles. The Balaban J connectivity index is 1.98. The molecule has 1 aliphatic rings. The van der Waals surface area contributed by atoms with Crippen molar-refractivity contribution in [1.29, 1.82) is 5.26 Å². The Kier molecular flexibility index (Phi) is 4.14. The summed E-state index contributed by atoms with van der Waals surface area (Å²) in [4.78, 5) is 0. The van der Waals surface area contributed by atoms with Gasteiger partial charge in [0.25, 0.3) is 0 Å². The van der Waals surface area contributed by atoms with E-state index < -0.39 is 0 Å². The summed E-state index contributed by atoms with van der Waals surface area (Å²) in [6.07, 6.45) is 5.13. The van der Waals surface area contributed by atoms with Crippen molar-refractivity contribution in [2.24, 2.45) is 5.92 Å². The van der Waals surface area contributed by atoms with Crippen molar-refractivity contribution in [3.05, 3.63) is 47.5 Å². The van der Waals surface area contributed by atoms with Crippen LogP contribution in [0.4, 0.5) is 0 Å². The summed E-state index contributed by atoms with van der Waals surface area (Å²) < 4.78 is 0. The normalized spacial score (nSPS) is 23.8. The first-order valence-electron chi connectivity index (χ1n) is 6.28. The van der Waals surface area contributed by atoms with E-state index in [9.17, 15) is 0 Å². The first kappa shape index (κ1) is 12.8. The molecule has 1 aromatic carbocycles. The monoisotopic (exact) mass is 242 g/mol. The molecule has 2 N–H and O–H groups in total. The average Bonchev–Trinajstić information content (AvgIpc) is 2.86. The summed E-state index contributed by atoms with van der Waals surface area (Å²) in [5.74, 6) is 0.278. The zero-order chi connectivity index (χ0) is 13.0. The zero-order valence-corrected chi connectivity index (χ0v) is 10.5. The molecule has 1 aliphatic carbocycles. The van der Waals surface area contributed by atoms with Gasteiger partial charge < -0.3 is 10.4 Å². The van der Waals surface area contributed by atoms with E-state index >= 15 is 0 Å². The van der Waals surface area contributed by atoms with Gasteiger partial charge in [-0.1, -0.05) is 24.3 Å². The van der Waals surface area contributed by atoms with Gasteiger partial charge in [0.15, 0.2) is 0 Å². The van der Waals surface area contributed by atoms with E-state index in [-0.39, 0.29) is 18.6 Å². The van der Waals surface area contributed by atoms with Gasteiger partial charge in [-0.2, -0.15) is 5.26 Å². The van der Waals surface area contributed by atoms with Crippen LogP contribution in [0.15, 0.2) is 36.4 Å². The lowest BCUT2D eigenvalue weighted by molar-refractivity contribution is 0.245. The molecule has 0 spiro atoms. The highest BCUT2D eigenvalue weighted by Gasteiger charge is 2.19. The Labute approximate surface area is 108 Å². The molecule has 0 heterocycles. The van der Waals surface area contributed by atoms with Crippen LogP contribution in [0.2, 0.25) is 0 Å². The number of benzene rings is 1. The van der Waals surface area contributed by atoms with E-state index in [0.29, 0.717) is 11.6 Å². The van der Waals surface area contributed by atoms with E-state index in [1.165, 1.54) is 0 Å². The number of rotatable bonds is 4. The van der Waals surface area contributed by atoms with Gasteiger partial charge in [-0.3, -0.25) is 0 Å². The first-order valence-corrected chi connectivity index (χ1v) is 6.28. The van der Waals surface area contributed by atoms with Crippen LogP contribution >= 0.6 is 0 Å². The summed E-state index contributed by atoms with van der Waals surface area (Å²) in [7, 11) is 0. The predicted molar refractivity (Wildman–Crippen MR) is 70.8 cm³/mol. The van der Waals surface area contributed by atoms with Crippen LogP contribution in [-0.4, -0.2) is 17.8 Å². The maximum atomic E-state index is 9.09. The molecule has 3 heteroatoms. The average molecular weight is 242 g/mol. The minimum Gasteiger partial charge on any atom is -0.396 e. The fourth-order valence-corrected chi connectivity index (χ4v) is 2.33. The van der Waals surface area contributed by atoms with Gasteiger partial charge in [0.2, 0.25) is 0 Å². The molecule has 0 amide bonds. The van der Waals surface area contributed by atoms with Crippen molar-refractivity contribution < 1.29 is 5.11 Å². The Bertz CT molecular complexity index is 476. The fraction of sp³-hybridized carbons (Fsp3) is 0.400. The molecule has 94 valence electrons. The lowest BCUT2D eigenvalue weighted by Gasteiger charge is -2.19. The van der Waals surface area contributed by atoms with Crippen molar-refractivity contribution in [2.45, 2.75) is 25.4 Å². The van der Waals surface area contributed by atoms with Gasteiger partial charge in [-0.05, 0) is 31.0 Å². The lowest BCUT2D eigenvalue weighted by Crippen LogP contribution is -2.29. The summed E-state index contributed by atoms with van der Waals surface area (Å²) in [5.41, 5.74) is 1.81. The van der Waals surface area contributed by atoms with Crippen LogP contribution in [0, 0.1) is 17.2 Å². The summed E-state index contributed by atoms with van der Waals surface area (Å²) >= 11 is 0. The molecule has 18 heavy (non-hydrogen) atoms. The van der Waals surface area contributed by atoms with E-state index in [1.54, 1.807) is 0 Å². The minimum atomic E-state index is 0.199. The van der Waals surface area contributed by atoms with Crippen LogP contribution in [0.1, 0.15) is 30.5 Å². The highest BCUT2D eigenvalue weighted by atomic mass is 16.3. The molecule has 0 saturated heterocycles. The van der Waals surface area contributed by atoms with Crippen molar-refractivity contribution >= 4 is 0 Å². The van der Waals surface area contributed by atoms with Gasteiger partial charge in [-0.25, -0.2) is 0 Å². The van der Waals surface area contributed by atoms with E-state index in [0.717, 1.165) is 12.0 Å². The van der Waals surface area contributed by atoms with Crippen molar-refractivity contribution in [1.82, 2.24) is 5.32 Å². The quantitative estimate of drug-likeness (QED) is 0.795. The van der Waals surface area contributed by atoms with Crippen LogP contribution in [0.25, 0.3) is 0 Å². The van der Waals surface area contributed by atoms with Gasteiger partial charge in [0.05, 0.1) is 11.6 Å². The molecular weight excluding hydrogens is 224 g/mol. The second-order valence-electron chi connectivity index (χ2n) is 4.80. The molecule has 3 nitrogen and oxygen atoms in total. The highest BCUT2D eigenvalue weighted by Crippen LogP contribution is 2.21. The predicted octanol–water partition coefficient (Wildman–Crippen LogP) is 2.15. The van der Waals surface area contributed by atoms with Gasteiger partial charge in [-0.15, -0.1) is 0 Å². The van der Waals surface area contributed by atoms with Crippen molar-refractivity contribution in [3.8, 4) is 6.07 Å². The molecule has 3 atom stereocenters. The fourth-order valence-electron chi connectivity index (χ4n) is 2.33. The highest BCUT2D eigenvalue weighted by molar-refractivity contribution is 5.34. The second-order valence-corrected chi connectivity index (χ2v) is 4.80. The van der Waals surface area contributed by atoms with E-state index in [1.807, 2.05) is 24.3 Å². The number of nitrogens with one attached hydrogen (secondary N) is 1. The number of hydrogen-bond acceptors (Lipinski definition) is 3. The van der Waals surface area contributed by atoms with E-state index in [4.69, 9.17) is 10.4 Å². The zero-order valence-electron chi connectivity index (χ0n) is 10.5. The molecule has 2 rings (SSSR count). The summed E-state index contributed by atoms with van der Waals surface area (Å²) in [6, 6.07) is 10.3. The second kappa shape index (κ2) is 5.81. The number of aliphatic hydroxyl groups is 1. The summed E-state index contributed by atoms with van der Waals surface area (Å²) in [5, 5.41) is 21.5. The van der Waals surface area contributed by atoms with Gasteiger partial charge in [0.1, 0.15) is 0 Å². The maximum Gasteiger partial charge on any atom is 0.0991 e. The summed E-state index contributed by atoms with van der Waals surface area (Å²) in [6.45, 7) is 2.31. The molecular formula is C15H18N2O. The number of aliphatic hydroxyl groups excluding tert-OH is 1. The Morgan fingerprint density at radius 3 is 3.00 bits per heavy atom. The maximum absolute atomic E-state index is 9.09. The number of hydrogen-bond donors (Lipinski definition) is 2. The van der Waals surface area contributed by atoms with Crippen LogP contribution in [0.3, 0.4) is 0 Å². The standard InChI is InChI=1S/C15H18N2O/c1-11(14-4-2-3-12(7-14)9-16)17-15-6-5-13(8-15)10-18/h2-7,11,13,15,17-18H,8,10H2,1H3/t11-,13-,15+/m0/s1. The molecule has 0 radical (unpaired) electrons. The minimum absolute atomic E-state index is 0.199. The first-order chi connectivity index (χ1) is 8.72. The van der Waals surface area contributed by atoms with Crippen LogP contribution < -0.4 is 5.32 Å². The Morgan fingerprint density at radius 2 is 2.33 bits per heavy atom. The molecule has 0 aromatic heterocycles. The van der Waals surface area contributed by atoms with Gasteiger partial charge >= 0.3 is 0 Å². The topological polar surface area (TPSA) is 56.0 Å². The third kappa shape index (κ3) is 2.98. The van der Waals surface area contributed by atoms with E-state index in [2.05, 4.69) is 30.5 Å². The van der Waals surface area contributed by atoms with Crippen molar-refractivity contribution in [2.75, 3.05) is 6.61 Å². The van der Waals surface area contributed by atoms with Crippen molar-refractivity contribution in [3.63, 3.8) is 0 Å². The SMILES string of the molecule is C[C@H](N[C@@H]1C=C[C@H](CO)C1)c1cccc(C#N)c1. The molecule has 1 aromatic rings. The lowest BCUT2D eigenvalue weighted by atomic mass is 10.0. The smallest absolute Gasteiger partial charge is 0.0991 e. The Morgan fingerprint density at radius 1 is 1.50 bits per heavy atom. The van der Waals surface area contributed by atoms with Gasteiger partial charge in [0, 0.05) is 24.6 Å². The third-order valence-electron chi connectivity index (χ3n) is 3.39. The molecule has 0 unspecified atom stereocenters.